The molecule has 7 nitrogen and oxygen atoms in total. The topological polar surface area (TPSA) is 83.4 Å². The molecular formula is C24H29F2N5O2. The molecule has 33 heavy (non-hydrogen) atoms. The smallest absolute Gasteiger partial charge is 0.296 e. The first-order chi connectivity index (χ1) is 15.5. The van der Waals surface area contributed by atoms with E-state index < -0.39 is 18.1 Å². The highest BCUT2D eigenvalue weighted by atomic mass is 19.3. The molecule has 3 aromatic rings. The fourth-order valence-corrected chi connectivity index (χ4v) is 4.24. The second kappa shape index (κ2) is 8.46. The van der Waals surface area contributed by atoms with E-state index in [2.05, 4.69) is 25.2 Å². The van der Waals surface area contributed by atoms with Crippen molar-refractivity contribution in [3.05, 3.63) is 52.8 Å². The molecule has 1 aliphatic heterocycles. The van der Waals surface area contributed by atoms with Gasteiger partial charge in [-0.25, -0.2) is 4.98 Å². The highest BCUT2D eigenvalue weighted by molar-refractivity contribution is 5.93. The fourth-order valence-electron chi connectivity index (χ4n) is 4.24. The number of methoxy groups -OCH3 is 1. The summed E-state index contributed by atoms with van der Waals surface area (Å²) < 4.78 is 33.3. The van der Waals surface area contributed by atoms with Crippen molar-refractivity contribution in [2.75, 3.05) is 37.0 Å². The van der Waals surface area contributed by atoms with E-state index >= 15 is 0 Å². The van der Waals surface area contributed by atoms with Crippen LogP contribution >= 0.6 is 0 Å². The van der Waals surface area contributed by atoms with Gasteiger partial charge in [-0.3, -0.25) is 0 Å². The Morgan fingerprint density at radius 1 is 1.21 bits per heavy atom. The van der Waals surface area contributed by atoms with Crippen LogP contribution in [0.2, 0.25) is 0 Å². The van der Waals surface area contributed by atoms with Crippen LogP contribution in [0.25, 0.3) is 10.9 Å². The Kier molecular flexibility index (Phi) is 5.96. The van der Waals surface area contributed by atoms with Gasteiger partial charge < -0.3 is 20.1 Å². The van der Waals surface area contributed by atoms with Crippen LogP contribution in [0.15, 0.2) is 30.3 Å². The Morgan fingerprint density at radius 2 is 1.94 bits per heavy atom. The minimum absolute atomic E-state index is 0.0974. The van der Waals surface area contributed by atoms with Crippen LogP contribution in [0.4, 0.5) is 20.3 Å². The molecule has 0 aliphatic carbocycles. The molecule has 2 aromatic heterocycles. The van der Waals surface area contributed by atoms with Crippen molar-refractivity contribution in [3.8, 4) is 0 Å². The first-order valence-electron chi connectivity index (χ1n) is 10.9. The van der Waals surface area contributed by atoms with Crippen molar-refractivity contribution in [2.45, 2.75) is 45.3 Å². The number of pyridine rings is 1. The van der Waals surface area contributed by atoms with E-state index in [9.17, 15) is 13.9 Å². The largest absolute Gasteiger partial charge is 0.386 e. The van der Waals surface area contributed by atoms with Crippen molar-refractivity contribution in [3.63, 3.8) is 0 Å². The molecule has 0 radical (unpaired) electrons. The van der Waals surface area contributed by atoms with Gasteiger partial charge in [0.15, 0.2) is 5.82 Å². The number of anilines is 2. The number of hydrogen-bond acceptors (Lipinski definition) is 7. The van der Waals surface area contributed by atoms with E-state index in [0.717, 1.165) is 22.3 Å². The standard InChI is InChI=1S/C24H29F2N5O2/c1-14(17-7-6-8-18(9-17)24(25,26)13-33-5)28-22-19-10-20(31-11-23(4,32)12-31)15(2)27-21(19)16(3)29-30-22/h6-10,14,32H,11-13H2,1-5H3,(H,28,30)/t14-/m1/s1. The average Bonchev–Trinajstić information content (AvgIpc) is 2.74. The second-order valence-corrected chi connectivity index (χ2v) is 9.11. The lowest BCUT2D eigenvalue weighted by atomic mass is 9.95. The van der Waals surface area contributed by atoms with Crippen LogP contribution in [-0.4, -0.2) is 52.7 Å². The minimum atomic E-state index is -3.07. The van der Waals surface area contributed by atoms with Gasteiger partial charge in [0.05, 0.1) is 34.2 Å². The third-order valence-corrected chi connectivity index (χ3v) is 5.98. The highest BCUT2D eigenvalue weighted by Crippen LogP contribution is 2.35. The average molecular weight is 458 g/mol. The quantitative estimate of drug-likeness (QED) is 0.552. The third-order valence-electron chi connectivity index (χ3n) is 5.98. The summed E-state index contributed by atoms with van der Waals surface area (Å²) in [6, 6.07) is 7.99. The van der Waals surface area contributed by atoms with Crippen LogP contribution in [0, 0.1) is 13.8 Å². The lowest BCUT2D eigenvalue weighted by Crippen LogP contribution is -2.60. The van der Waals surface area contributed by atoms with Gasteiger partial charge in [-0.1, -0.05) is 18.2 Å². The molecule has 1 aliphatic rings. The summed E-state index contributed by atoms with van der Waals surface area (Å²) in [6.45, 7) is 7.86. The molecule has 0 unspecified atom stereocenters. The molecule has 3 heterocycles. The van der Waals surface area contributed by atoms with Gasteiger partial charge in [-0.05, 0) is 45.4 Å². The molecule has 9 heteroatoms. The zero-order chi connectivity index (χ0) is 24.0. The van der Waals surface area contributed by atoms with Crippen LogP contribution in [-0.2, 0) is 10.7 Å². The summed E-state index contributed by atoms with van der Waals surface area (Å²) in [4.78, 5) is 6.83. The summed E-state index contributed by atoms with van der Waals surface area (Å²) in [5, 5.41) is 22.8. The van der Waals surface area contributed by atoms with E-state index in [1.165, 1.54) is 19.2 Å². The van der Waals surface area contributed by atoms with Crippen molar-refractivity contribution in [1.29, 1.82) is 0 Å². The first kappa shape index (κ1) is 23.3. The van der Waals surface area contributed by atoms with Gasteiger partial charge in [0.1, 0.15) is 6.61 Å². The van der Waals surface area contributed by atoms with Crippen molar-refractivity contribution in [2.24, 2.45) is 0 Å². The summed E-state index contributed by atoms with van der Waals surface area (Å²) in [7, 11) is 1.26. The molecule has 1 atom stereocenters. The fraction of sp³-hybridized carbons (Fsp3) is 0.458. The van der Waals surface area contributed by atoms with Crippen LogP contribution < -0.4 is 10.2 Å². The molecule has 1 saturated heterocycles. The Balaban J connectivity index is 1.67. The lowest BCUT2D eigenvalue weighted by Gasteiger charge is -2.46. The maximum absolute atomic E-state index is 14.3. The zero-order valence-corrected chi connectivity index (χ0v) is 19.5. The maximum atomic E-state index is 14.3. The number of β-amino-alcohol motifs (C(OH)–C–C–N with tert-alkyl or cyclic N) is 1. The van der Waals surface area contributed by atoms with Gasteiger partial charge in [0.25, 0.3) is 5.92 Å². The number of aliphatic hydroxyl groups is 1. The number of nitrogens with one attached hydrogen (secondary N) is 1. The summed E-state index contributed by atoms with van der Waals surface area (Å²) in [5.74, 6) is -2.55. The Labute approximate surface area is 191 Å². The first-order valence-corrected chi connectivity index (χ1v) is 10.9. The SMILES string of the molecule is COCC(F)(F)c1cccc([C@@H](C)Nc2nnc(C)c3nc(C)c(N4CC(C)(O)C4)cc23)c1. The molecule has 176 valence electrons. The molecule has 0 amide bonds. The van der Waals surface area contributed by atoms with Gasteiger partial charge >= 0.3 is 0 Å². The highest BCUT2D eigenvalue weighted by Gasteiger charge is 2.37. The monoisotopic (exact) mass is 457 g/mol. The molecule has 4 rings (SSSR count). The predicted octanol–water partition coefficient (Wildman–Crippen LogP) is 4.12. The summed E-state index contributed by atoms with van der Waals surface area (Å²) >= 11 is 0. The Bertz CT molecular complexity index is 1180. The number of ether oxygens (including phenoxy) is 1. The molecule has 0 saturated carbocycles. The molecule has 0 spiro atoms. The molecular weight excluding hydrogens is 428 g/mol. The van der Waals surface area contributed by atoms with Crippen molar-refractivity contribution < 1.29 is 18.6 Å². The Morgan fingerprint density at radius 3 is 2.61 bits per heavy atom. The normalized spacial score (nSPS) is 16.5. The van der Waals surface area contributed by atoms with E-state index in [-0.39, 0.29) is 11.6 Å². The van der Waals surface area contributed by atoms with Gasteiger partial charge in [0, 0.05) is 31.1 Å². The van der Waals surface area contributed by atoms with Gasteiger partial charge in [-0.15, -0.1) is 5.10 Å². The van der Waals surface area contributed by atoms with Crippen LogP contribution in [0.5, 0.6) is 0 Å². The number of benzene rings is 1. The summed E-state index contributed by atoms with van der Waals surface area (Å²) in [6.07, 6.45) is 0. The lowest BCUT2D eigenvalue weighted by molar-refractivity contribution is -0.0698. The van der Waals surface area contributed by atoms with E-state index in [0.29, 0.717) is 30.2 Å². The number of fused-ring (bicyclic) bond motifs is 1. The van der Waals surface area contributed by atoms with Crippen molar-refractivity contribution in [1.82, 2.24) is 15.2 Å². The number of nitrogens with zero attached hydrogens (tertiary/aromatic N) is 4. The maximum Gasteiger partial charge on any atom is 0.296 e. The molecule has 1 fully saturated rings. The van der Waals surface area contributed by atoms with Gasteiger partial charge in [0.2, 0.25) is 0 Å². The molecule has 2 N–H and O–H groups in total. The van der Waals surface area contributed by atoms with Crippen LogP contribution in [0.1, 0.15) is 42.4 Å². The number of aromatic nitrogens is 3. The van der Waals surface area contributed by atoms with E-state index in [4.69, 9.17) is 4.98 Å². The number of aryl methyl sites for hydroxylation is 2. The van der Waals surface area contributed by atoms with Crippen LogP contribution in [0.3, 0.4) is 0 Å². The number of alkyl halides is 2. The minimum Gasteiger partial charge on any atom is -0.386 e. The number of hydrogen-bond donors (Lipinski definition) is 2. The predicted molar refractivity (Wildman–Crippen MR) is 124 cm³/mol. The van der Waals surface area contributed by atoms with Crippen molar-refractivity contribution >= 4 is 22.4 Å². The zero-order valence-electron chi connectivity index (χ0n) is 19.5. The summed E-state index contributed by atoms with van der Waals surface area (Å²) in [5.41, 5.74) is 3.10. The van der Waals surface area contributed by atoms with Gasteiger partial charge in [-0.2, -0.15) is 13.9 Å². The Hall–Kier alpha value is -2.91. The van der Waals surface area contributed by atoms with E-state index in [1.807, 2.05) is 33.8 Å². The second-order valence-electron chi connectivity index (χ2n) is 9.11. The number of rotatable bonds is 7. The molecule has 1 aromatic carbocycles. The number of halogens is 2. The molecule has 0 bridgehead atoms. The third kappa shape index (κ3) is 4.60. The van der Waals surface area contributed by atoms with E-state index in [1.54, 1.807) is 12.1 Å².